The van der Waals surface area contributed by atoms with Crippen molar-refractivity contribution in [3.8, 4) is 0 Å². The summed E-state index contributed by atoms with van der Waals surface area (Å²) >= 11 is 0. The number of hydrogen-bond acceptors (Lipinski definition) is 2. The molecule has 0 bridgehead atoms. The Kier molecular flexibility index (Phi) is 3.78. The molecule has 1 aromatic rings. The van der Waals surface area contributed by atoms with Crippen LogP contribution in [0.3, 0.4) is 0 Å². The molecule has 3 N–H and O–H groups in total. The Balaban J connectivity index is 3.12. The van der Waals surface area contributed by atoms with Crippen molar-refractivity contribution in [2.45, 2.75) is 25.1 Å². The lowest BCUT2D eigenvalue weighted by Crippen LogP contribution is -2.42. The summed E-state index contributed by atoms with van der Waals surface area (Å²) in [6.45, 7) is 0.995. The molecule has 1 unspecified atom stereocenters. The van der Waals surface area contributed by atoms with E-state index in [1.54, 1.807) is 0 Å². The number of halogens is 4. The number of hydrogen-bond donors (Lipinski definition) is 2. The Morgan fingerprint density at radius 3 is 2.35 bits per heavy atom. The predicted octanol–water partition coefficient (Wildman–Crippen LogP) is 2.10. The minimum absolute atomic E-state index is 0.154. The van der Waals surface area contributed by atoms with Crippen molar-refractivity contribution in [1.82, 2.24) is 0 Å². The maximum absolute atomic E-state index is 13.6. The van der Waals surface area contributed by atoms with Gasteiger partial charge in [0.05, 0.1) is 12.2 Å². The van der Waals surface area contributed by atoms with Crippen LogP contribution >= 0.6 is 0 Å². The van der Waals surface area contributed by atoms with Gasteiger partial charge in [0.15, 0.2) is 0 Å². The van der Waals surface area contributed by atoms with E-state index in [1.165, 1.54) is 13.0 Å². The van der Waals surface area contributed by atoms with Crippen molar-refractivity contribution < 1.29 is 22.7 Å². The van der Waals surface area contributed by atoms with Gasteiger partial charge in [0.25, 0.3) is 0 Å². The minimum Gasteiger partial charge on any atom is -0.394 e. The largest absolute Gasteiger partial charge is 0.419 e. The van der Waals surface area contributed by atoms with E-state index < -0.39 is 29.7 Å². The van der Waals surface area contributed by atoms with Crippen LogP contribution < -0.4 is 5.73 Å². The smallest absolute Gasteiger partial charge is 0.394 e. The van der Waals surface area contributed by atoms with Gasteiger partial charge in [-0.25, -0.2) is 4.39 Å². The van der Waals surface area contributed by atoms with Crippen LogP contribution in [0.2, 0.25) is 0 Å². The van der Waals surface area contributed by atoms with Crippen LogP contribution in [-0.2, 0) is 12.6 Å². The second kappa shape index (κ2) is 4.62. The fourth-order valence-electron chi connectivity index (χ4n) is 1.43. The van der Waals surface area contributed by atoms with Crippen molar-refractivity contribution in [3.63, 3.8) is 0 Å². The zero-order chi connectivity index (χ0) is 13.3. The van der Waals surface area contributed by atoms with Crippen LogP contribution in [0.4, 0.5) is 17.6 Å². The van der Waals surface area contributed by atoms with E-state index in [0.29, 0.717) is 6.07 Å². The van der Waals surface area contributed by atoms with Gasteiger partial charge in [-0.15, -0.1) is 0 Å². The number of rotatable bonds is 3. The maximum Gasteiger partial charge on any atom is 0.419 e. The molecule has 0 spiro atoms. The van der Waals surface area contributed by atoms with E-state index in [0.717, 1.165) is 6.07 Å². The summed E-state index contributed by atoms with van der Waals surface area (Å²) in [7, 11) is 0. The summed E-state index contributed by atoms with van der Waals surface area (Å²) < 4.78 is 50.8. The molecule has 0 saturated carbocycles. The second-order valence-corrected chi connectivity index (χ2v) is 4.27. The van der Waals surface area contributed by atoms with Gasteiger partial charge in [0.2, 0.25) is 0 Å². The number of nitrogens with two attached hydrogens (primary N) is 1. The van der Waals surface area contributed by atoms with Crippen LogP contribution in [0, 0.1) is 5.82 Å². The summed E-state index contributed by atoms with van der Waals surface area (Å²) in [5, 5.41) is 8.91. The Bertz CT molecular complexity index is 401. The van der Waals surface area contributed by atoms with Gasteiger partial charge in [-0.2, -0.15) is 13.2 Å². The third kappa shape index (κ3) is 3.41. The van der Waals surface area contributed by atoms with Gasteiger partial charge >= 0.3 is 6.18 Å². The molecule has 1 rings (SSSR count). The standard InChI is InChI=1S/C11H13F4NO/c1-10(16,6-17)5-7-3-2-4-8(9(7)12)11(13,14)15/h2-4,17H,5-6,16H2,1H3. The molecule has 0 aliphatic heterocycles. The topological polar surface area (TPSA) is 46.2 Å². The third-order valence-electron chi connectivity index (χ3n) is 2.34. The molecule has 17 heavy (non-hydrogen) atoms. The lowest BCUT2D eigenvalue weighted by Gasteiger charge is -2.22. The van der Waals surface area contributed by atoms with E-state index in [-0.39, 0.29) is 12.0 Å². The first kappa shape index (κ1) is 13.9. The Morgan fingerprint density at radius 1 is 1.29 bits per heavy atom. The van der Waals surface area contributed by atoms with Crippen molar-refractivity contribution in [2.75, 3.05) is 6.61 Å². The highest BCUT2D eigenvalue weighted by Gasteiger charge is 2.35. The third-order valence-corrected chi connectivity index (χ3v) is 2.34. The van der Waals surface area contributed by atoms with Gasteiger partial charge in [-0.1, -0.05) is 12.1 Å². The summed E-state index contributed by atoms with van der Waals surface area (Å²) in [5.74, 6) is -1.33. The van der Waals surface area contributed by atoms with Gasteiger partial charge in [0.1, 0.15) is 5.82 Å². The highest BCUT2D eigenvalue weighted by atomic mass is 19.4. The van der Waals surface area contributed by atoms with E-state index in [4.69, 9.17) is 10.8 Å². The summed E-state index contributed by atoms with van der Waals surface area (Å²) in [4.78, 5) is 0. The zero-order valence-corrected chi connectivity index (χ0v) is 9.18. The Hall–Kier alpha value is -1.14. The Labute approximate surface area is 96.1 Å². The molecule has 0 fully saturated rings. The predicted molar refractivity (Wildman–Crippen MR) is 54.8 cm³/mol. The molecule has 96 valence electrons. The lowest BCUT2D eigenvalue weighted by molar-refractivity contribution is -0.140. The molecule has 0 aliphatic carbocycles. The number of aliphatic hydroxyl groups excluding tert-OH is 1. The second-order valence-electron chi connectivity index (χ2n) is 4.27. The van der Waals surface area contributed by atoms with Crippen LogP contribution in [0.1, 0.15) is 18.1 Å². The monoisotopic (exact) mass is 251 g/mol. The van der Waals surface area contributed by atoms with Crippen molar-refractivity contribution in [3.05, 3.63) is 35.1 Å². The van der Waals surface area contributed by atoms with E-state index in [9.17, 15) is 17.6 Å². The molecule has 1 aromatic carbocycles. The van der Waals surface area contributed by atoms with E-state index in [1.807, 2.05) is 0 Å². The highest BCUT2D eigenvalue weighted by molar-refractivity contribution is 5.29. The molecule has 0 aliphatic rings. The normalized spacial score (nSPS) is 15.7. The van der Waals surface area contributed by atoms with E-state index in [2.05, 4.69) is 0 Å². The van der Waals surface area contributed by atoms with Crippen LogP contribution in [0.25, 0.3) is 0 Å². The van der Waals surface area contributed by atoms with Gasteiger partial charge < -0.3 is 10.8 Å². The molecule has 0 radical (unpaired) electrons. The molecule has 2 nitrogen and oxygen atoms in total. The number of alkyl halides is 3. The van der Waals surface area contributed by atoms with Crippen molar-refractivity contribution in [2.24, 2.45) is 5.73 Å². The molecule has 0 heterocycles. The lowest BCUT2D eigenvalue weighted by atomic mass is 9.93. The first-order valence-electron chi connectivity index (χ1n) is 4.92. The minimum atomic E-state index is -4.73. The molecule has 6 heteroatoms. The fraction of sp³-hybridized carbons (Fsp3) is 0.455. The highest BCUT2D eigenvalue weighted by Crippen LogP contribution is 2.32. The van der Waals surface area contributed by atoms with Gasteiger partial charge in [-0.3, -0.25) is 0 Å². The summed E-state index contributed by atoms with van der Waals surface area (Å²) in [6, 6.07) is 3.02. The number of aliphatic hydroxyl groups is 1. The average Bonchev–Trinajstić information content (AvgIpc) is 2.19. The molecule has 0 saturated heterocycles. The Morgan fingerprint density at radius 2 is 1.88 bits per heavy atom. The fourth-order valence-corrected chi connectivity index (χ4v) is 1.43. The zero-order valence-electron chi connectivity index (χ0n) is 9.18. The molecule has 1 atom stereocenters. The number of benzene rings is 1. The maximum atomic E-state index is 13.6. The van der Waals surface area contributed by atoms with Crippen LogP contribution in [0.15, 0.2) is 18.2 Å². The summed E-state index contributed by atoms with van der Waals surface area (Å²) in [5.41, 5.74) is 2.96. The first-order valence-corrected chi connectivity index (χ1v) is 4.92. The molecular formula is C11H13F4NO. The molecule has 0 aromatic heterocycles. The van der Waals surface area contributed by atoms with E-state index >= 15 is 0 Å². The van der Waals surface area contributed by atoms with Crippen LogP contribution in [0.5, 0.6) is 0 Å². The summed E-state index contributed by atoms with van der Waals surface area (Å²) in [6.07, 6.45) is -4.90. The SMILES string of the molecule is CC(N)(CO)Cc1cccc(C(F)(F)F)c1F. The van der Waals surface area contributed by atoms with Crippen molar-refractivity contribution in [1.29, 1.82) is 0 Å². The first-order chi connectivity index (χ1) is 7.67. The van der Waals surface area contributed by atoms with Gasteiger partial charge in [0, 0.05) is 5.54 Å². The van der Waals surface area contributed by atoms with Gasteiger partial charge in [-0.05, 0) is 25.0 Å². The van der Waals surface area contributed by atoms with Crippen molar-refractivity contribution >= 4 is 0 Å². The van der Waals surface area contributed by atoms with Crippen LogP contribution in [-0.4, -0.2) is 17.3 Å². The molecular weight excluding hydrogens is 238 g/mol. The average molecular weight is 251 g/mol. The molecule has 0 amide bonds. The quantitative estimate of drug-likeness (QED) is 0.808.